The van der Waals surface area contributed by atoms with Gasteiger partial charge < -0.3 is 21.1 Å². The van der Waals surface area contributed by atoms with Gasteiger partial charge >= 0.3 is 6.09 Å². The number of amides is 3. The van der Waals surface area contributed by atoms with Gasteiger partial charge in [0, 0.05) is 19.0 Å². The average Bonchev–Trinajstić information content (AvgIpc) is 3.26. The minimum atomic E-state index is -0.930. The SMILES string of the molecule is CC(=O)NC[C@H]1CN(c2ccc(-c3ccc(CNC(=O)[C@H](N)c4ccc(F)cc4)cc3)c(F)c2)C(=O)O1. The highest BCUT2D eigenvalue weighted by atomic mass is 19.1. The van der Waals surface area contributed by atoms with Crippen LogP contribution in [0.15, 0.2) is 66.7 Å². The van der Waals surface area contributed by atoms with E-state index in [2.05, 4.69) is 10.6 Å². The van der Waals surface area contributed by atoms with Gasteiger partial charge in [0.2, 0.25) is 11.8 Å². The molecular formula is C27H26F2N4O4. The summed E-state index contributed by atoms with van der Waals surface area (Å²) in [4.78, 5) is 36.9. The van der Waals surface area contributed by atoms with Crippen LogP contribution in [-0.4, -0.2) is 37.1 Å². The molecule has 0 spiro atoms. The van der Waals surface area contributed by atoms with Crippen molar-refractivity contribution in [1.82, 2.24) is 10.6 Å². The van der Waals surface area contributed by atoms with Crippen LogP contribution < -0.4 is 21.3 Å². The van der Waals surface area contributed by atoms with Crippen molar-refractivity contribution in [3.8, 4) is 11.1 Å². The Labute approximate surface area is 212 Å². The lowest BCUT2D eigenvalue weighted by molar-refractivity contribution is -0.122. The lowest BCUT2D eigenvalue weighted by Gasteiger charge is -2.15. The monoisotopic (exact) mass is 508 g/mol. The van der Waals surface area contributed by atoms with E-state index in [4.69, 9.17) is 10.5 Å². The van der Waals surface area contributed by atoms with Crippen molar-refractivity contribution in [2.45, 2.75) is 25.6 Å². The van der Waals surface area contributed by atoms with Crippen LogP contribution in [0.2, 0.25) is 0 Å². The molecule has 37 heavy (non-hydrogen) atoms. The molecule has 10 heteroatoms. The molecule has 0 bridgehead atoms. The summed E-state index contributed by atoms with van der Waals surface area (Å²) in [5.41, 5.74) is 8.55. The zero-order valence-electron chi connectivity index (χ0n) is 20.0. The third kappa shape index (κ3) is 6.28. The maximum Gasteiger partial charge on any atom is 0.414 e. The maximum atomic E-state index is 15.0. The predicted molar refractivity (Wildman–Crippen MR) is 133 cm³/mol. The fraction of sp³-hybridized carbons (Fsp3) is 0.222. The van der Waals surface area contributed by atoms with Crippen LogP contribution in [0.3, 0.4) is 0 Å². The van der Waals surface area contributed by atoms with Gasteiger partial charge in [-0.25, -0.2) is 13.6 Å². The van der Waals surface area contributed by atoms with Crippen LogP contribution in [0.25, 0.3) is 11.1 Å². The summed E-state index contributed by atoms with van der Waals surface area (Å²) < 4.78 is 33.3. The first-order valence-corrected chi connectivity index (χ1v) is 11.6. The van der Waals surface area contributed by atoms with Gasteiger partial charge in [0.1, 0.15) is 23.8 Å². The van der Waals surface area contributed by atoms with E-state index in [1.54, 1.807) is 36.4 Å². The van der Waals surface area contributed by atoms with E-state index in [0.29, 0.717) is 22.4 Å². The number of nitrogens with one attached hydrogen (secondary N) is 2. The fourth-order valence-corrected chi connectivity index (χ4v) is 3.93. The quantitative estimate of drug-likeness (QED) is 0.432. The summed E-state index contributed by atoms with van der Waals surface area (Å²) in [5, 5.41) is 5.34. The topological polar surface area (TPSA) is 114 Å². The molecule has 1 fully saturated rings. The van der Waals surface area contributed by atoms with Crippen molar-refractivity contribution in [2.24, 2.45) is 5.73 Å². The Balaban J connectivity index is 1.36. The molecule has 0 aromatic heterocycles. The molecule has 8 nitrogen and oxygen atoms in total. The van der Waals surface area contributed by atoms with Crippen molar-refractivity contribution >= 4 is 23.6 Å². The molecule has 192 valence electrons. The molecule has 0 saturated carbocycles. The number of rotatable bonds is 8. The number of cyclic esters (lactones) is 1. The number of nitrogens with two attached hydrogens (primary N) is 1. The highest BCUT2D eigenvalue weighted by molar-refractivity contribution is 5.90. The highest BCUT2D eigenvalue weighted by Gasteiger charge is 2.32. The standard InChI is InChI=1S/C27H26F2N4O4/c1-16(34)31-14-22-15-33(27(36)37-22)21-10-11-23(24(29)12-21)18-4-2-17(3-5-18)13-32-26(35)25(30)19-6-8-20(28)9-7-19/h2-12,22,25H,13-15,30H2,1H3,(H,31,34)(H,32,35)/t22-,25+/m0/s1. The number of hydrogen-bond acceptors (Lipinski definition) is 5. The Hall–Kier alpha value is -4.31. The van der Waals surface area contributed by atoms with Crippen LogP contribution in [0, 0.1) is 11.6 Å². The number of carbonyl (C=O) groups excluding carboxylic acids is 3. The van der Waals surface area contributed by atoms with E-state index < -0.39 is 35.8 Å². The first kappa shape index (κ1) is 25.8. The second kappa shape index (κ2) is 11.2. The fourth-order valence-electron chi connectivity index (χ4n) is 3.93. The van der Waals surface area contributed by atoms with Crippen LogP contribution in [-0.2, 0) is 20.9 Å². The Bertz CT molecular complexity index is 1300. The molecule has 4 N–H and O–H groups in total. The van der Waals surface area contributed by atoms with E-state index >= 15 is 0 Å². The first-order chi connectivity index (χ1) is 17.7. The molecule has 3 aromatic carbocycles. The zero-order valence-corrected chi connectivity index (χ0v) is 20.0. The van der Waals surface area contributed by atoms with E-state index in [9.17, 15) is 23.2 Å². The van der Waals surface area contributed by atoms with E-state index in [-0.39, 0.29) is 25.5 Å². The van der Waals surface area contributed by atoms with Crippen LogP contribution >= 0.6 is 0 Å². The van der Waals surface area contributed by atoms with Crippen molar-refractivity contribution in [1.29, 1.82) is 0 Å². The van der Waals surface area contributed by atoms with Crippen molar-refractivity contribution in [3.63, 3.8) is 0 Å². The second-order valence-electron chi connectivity index (χ2n) is 8.66. The lowest BCUT2D eigenvalue weighted by atomic mass is 10.0. The predicted octanol–water partition coefficient (Wildman–Crippen LogP) is 3.41. The van der Waals surface area contributed by atoms with Crippen LogP contribution in [0.1, 0.15) is 24.1 Å². The Morgan fingerprint density at radius 1 is 1.05 bits per heavy atom. The first-order valence-electron chi connectivity index (χ1n) is 11.6. The summed E-state index contributed by atoms with van der Waals surface area (Å²) in [6, 6.07) is 15.9. The summed E-state index contributed by atoms with van der Waals surface area (Å²) in [7, 11) is 0. The summed E-state index contributed by atoms with van der Waals surface area (Å²) >= 11 is 0. The van der Waals surface area contributed by atoms with Crippen molar-refractivity contribution in [2.75, 3.05) is 18.0 Å². The van der Waals surface area contributed by atoms with Gasteiger partial charge in [-0.3, -0.25) is 14.5 Å². The number of anilines is 1. The molecule has 0 aliphatic carbocycles. The second-order valence-corrected chi connectivity index (χ2v) is 8.66. The third-order valence-corrected chi connectivity index (χ3v) is 5.96. The summed E-state index contributed by atoms with van der Waals surface area (Å²) in [6.45, 7) is 1.97. The third-order valence-electron chi connectivity index (χ3n) is 5.96. The van der Waals surface area contributed by atoms with Gasteiger partial charge in [0.05, 0.1) is 18.8 Å². The number of carbonyl (C=O) groups is 3. The number of benzene rings is 3. The lowest BCUT2D eigenvalue weighted by Crippen LogP contribution is -2.33. The molecular weight excluding hydrogens is 482 g/mol. The molecule has 0 radical (unpaired) electrons. The van der Waals surface area contributed by atoms with Gasteiger partial charge in [0.25, 0.3) is 0 Å². The smallest absolute Gasteiger partial charge is 0.414 e. The van der Waals surface area contributed by atoms with Crippen molar-refractivity contribution < 1.29 is 27.9 Å². The molecule has 1 aliphatic heterocycles. The molecule has 1 heterocycles. The van der Waals surface area contributed by atoms with E-state index in [1.807, 2.05) is 0 Å². The zero-order chi connectivity index (χ0) is 26.5. The van der Waals surface area contributed by atoms with E-state index in [1.165, 1.54) is 42.2 Å². The number of nitrogens with zero attached hydrogens (tertiary/aromatic N) is 1. The molecule has 1 aliphatic rings. The van der Waals surface area contributed by atoms with Crippen LogP contribution in [0.5, 0.6) is 0 Å². The molecule has 3 aromatic rings. The maximum absolute atomic E-state index is 15.0. The largest absolute Gasteiger partial charge is 0.442 e. The van der Waals surface area contributed by atoms with Gasteiger partial charge in [-0.2, -0.15) is 0 Å². The normalized spacial score (nSPS) is 15.7. The molecule has 1 saturated heterocycles. The summed E-state index contributed by atoms with van der Waals surface area (Å²) in [6.07, 6.45) is -1.12. The minimum absolute atomic E-state index is 0.184. The van der Waals surface area contributed by atoms with Gasteiger partial charge in [0.15, 0.2) is 0 Å². The van der Waals surface area contributed by atoms with Gasteiger partial charge in [-0.1, -0.05) is 36.4 Å². The Kier molecular flexibility index (Phi) is 7.78. The Morgan fingerprint density at radius 3 is 2.41 bits per heavy atom. The van der Waals surface area contributed by atoms with Gasteiger partial charge in [-0.15, -0.1) is 0 Å². The van der Waals surface area contributed by atoms with Crippen molar-refractivity contribution in [3.05, 3.63) is 89.5 Å². The molecule has 3 amide bonds. The summed E-state index contributed by atoms with van der Waals surface area (Å²) in [5.74, 6) is -1.56. The van der Waals surface area contributed by atoms with E-state index in [0.717, 1.165) is 5.56 Å². The number of hydrogen-bond donors (Lipinski definition) is 3. The molecule has 4 rings (SSSR count). The highest BCUT2D eigenvalue weighted by Crippen LogP contribution is 2.29. The van der Waals surface area contributed by atoms with Gasteiger partial charge in [-0.05, 0) is 47.0 Å². The number of halogens is 2. The Morgan fingerprint density at radius 2 is 1.76 bits per heavy atom. The number of ether oxygens (including phenoxy) is 1. The molecule has 2 atom stereocenters. The molecule has 0 unspecified atom stereocenters. The average molecular weight is 509 g/mol. The van der Waals surface area contributed by atoms with Crippen LogP contribution in [0.4, 0.5) is 19.3 Å². The minimum Gasteiger partial charge on any atom is -0.442 e.